The van der Waals surface area contributed by atoms with Crippen LogP contribution in [0.1, 0.15) is 11.1 Å². The average Bonchev–Trinajstić information content (AvgIpc) is 3.24. The van der Waals surface area contributed by atoms with Crippen molar-refractivity contribution in [2.24, 2.45) is 0 Å². The van der Waals surface area contributed by atoms with Crippen LogP contribution in [0.4, 0.5) is 22.0 Å². The molecule has 0 spiro atoms. The van der Waals surface area contributed by atoms with E-state index in [1.54, 1.807) is 10.9 Å². The van der Waals surface area contributed by atoms with Crippen LogP contribution < -0.4 is 0 Å². The van der Waals surface area contributed by atoms with Crippen molar-refractivity contribution in [3.8, 4) is 33.9 Å². The molecule has 0 bridgehead atoms. The van der Waals surface area contributed by atoms with Gasteiger partial charge in [-0.1, -0.05) is 42.5 Å². The molecule has 0 radical (unpaired) electrons. The minimum absolute atomic E-state index is 0.0263. The number of halogens is 5. The van der Waals surface area contributed by atoms with Gasteiger partial charge in [-0.15, -0.1) is 0 Å². The molecule has 0 atom stereocenters. The second-order valence-corrected chi connectivity index (χ2v) is 7.66. The SMILES string of the molecule is Fc1cccc(-c2nc3cnn(Cc4ccc(-c5ccc(C(F)(F)F)cc5)cc4)cc-3n2)c1F. The zero-order valence-electron chi connectivity index (χ0n) is 17.4. The number of hydrogen-bond donors (Lipinski definition) is 0. The molecular weight excluding hydrogens is 451 g/mol. The summed E-state index contributed by atoms with van der Waals surface area (Å²) < 4.78 is 67.5. The first-order chi connectivity index (χ1) is 16.3. The zero-order chi connectivity index (χ0) is 23.9. The van der Waals surface area contributed by atoms with Crippen molar-refractivity contribution in [2.75, 3.05) is 0 Å². The topological polar surface area (TPSA) is 43.6 Å². The Kier molecular flexibility index (Phi) is 5.31. The maximum atomic E-state index is 14.1. The standard InChI is InChI=1S/C25H15F5N4/c26-20-3-1-2-19(23(20)27)24-32-21-12-31-34(14-22(21)33-24)13-15-4-6-16(7-5-15)17-8-10-18(11-9-17)25(28,29)30/h1-12,14H,13H2. The lowest BCUT2D eigenvalue weighted by molar-refractivity contribution is -0.137. The minimum atomic E-state index is -4.37. The third-order valence-corrected chi connectivity index (χ3v) is 5.35. The smallest absolute Gasteiger partial charge is 0.266 e. The maximum Gasteiger partial charge on any atom is 0.416 e. The number of hydrogen-bond acceptors (Lipinski definition) is 3. The van der Waals surface area contributed by atoms with Gasteiger partial charge in [-0.2, -0.15) is 18.3 Å². The highest BCUT2D eigenvalue weighted by molar-refractivity contribution is 5.66. The molecule has 0 aliphatic carbocycles. The van der Waals surface area contributed by atoms with E-state index in [0.29, 0.717) is 23.5 Å². The summed E-state index contributed by atoms with van der Waals surface area (Å²) in [7, 11) is 0. The van der Waals surface area contributed by atoms with Gasteiger partial charge in [0.15, 0.2) is 17.5 Å². The van der Waals surface area contributed by atoms with E-state index in [0.717, 1.165) is 29.3 Å². The van der Waals surface area contributed by atoms with E-state index < -0.39 is 23.4 Å². The van der Waals surface area contributed by atoms with Gasteiger partial charge in [-0.3, -0.25) is 4.68 Å². The van der Waals surface area contributed by atoms with Crippen molar-refractivity contribution in [2.45, 2.75) is 12.7 Å². The molecule has 9 heteroatoms. The molecule has 34 heavy (non-hydrogen) atoms. The summed E-state index contributed by atoms with van der Waals surface area (Å²) in [5, 5.41) is 4.30. The monoisotopic (exact) mass is 466 g/mol. The minimum Gasteiger partial charge on any atom is -0.266 e. The van der Waals surface area contributed by atoms with Crippen molar-refractivity contribution >= 4 is 0 Å². The third-order valence-electron chi connectivity index (χ3n) is 5.35. The number of rotatable bonds is 4. The fourth-order valence-electron chi connectivity index (χ4n) is 3.59. The quantitative estimate of drug-likeness (QED) is 0.286. The van der Waals surface area contributed by atoms with Gasteiger partial charge in [0.05, 0.1) is 30.1 Å². The van der Waals surface area contributed by atoms with Gasteiger partial charge in [0.25, 0.3) is 0 Å². The number of benzene rings is 3. The fraction of sp³-hybridized carbons (Fsp3) is 0.0800. The average molecular weight is 466 g/mol. The van der Waals surface area contributed by atoms with Crippen LogP contribution in [0.25, 0.3) is 33.9 Å². The van der Waals surface area contributed by atoms with E-state index in [1.807, 2.05) is 24.3 Å². The molecule has 2 heterocycles. The van der Waals surface area contributed by atoms with Crippen LogP contribution in [0.3, 0.4) is 0 Å². The molecule has 5 rings (SSSR count). The van der Waals surface area contributed by atoms with Gasteiger partial charge in [-0.05, 0) is 41.0 Å². The number of aromatic nitrogens is 4. The van der Waals surface area contributed by atoms with Gasteiger partial charge >= 0.3 is 6.18 Å². The second kappa shape index (κ2) is 8.33. The van der Waals surface area contributed by atoms with Crippen molar-refractivity contribution in [1.29, 1.82) is 0 Å². The molecule has 2 aliphatic heterocycles. The molecular formula is C25H15F5N4. The molecule has 0 saturated carbocycles. The summed E-state index contributed by atoms with van der Waals surface area (Å²) in [5.41, 5.74) is 2.59. The van der Waals surface area contributed by atoms with Gasteiger partial charge < -0.3 is 0 Å². The molecule has 4 nitrogen and oxygen atoms in total. The van der Waals surface area contributed by atoms with E-state index in [9.17, 15) is 22.0 Å². The van der Waals surface area contributed by atoms with Crippen molar-refractivity contribution in [3.63, 3.8) is 0 Å². The first kappa shape index (κ1) is 21.7. The molecule has 0 N–H and O–H groups in total. The second-order valence-electron chi connectivity index (χ2n) is 7.66. The van der Waals surface area contributed by atoms with Crippen LogP contribution in [0.5, 0.6) is 0 Å². The van der Waals surface area contributed by atoms with Crippen molar-refractivity contribution < 1.29 is 22.0 Å². The van der Waals surface area contributed by atoms with Crippen LogP contribution in [-0.2, 0) is 12.7 Å². The lowest BCUT2D eigenvalue weighted by atomic mass is 10.0. The Balaban J connectivity index is 1.35. The van der Waals surface area contributed by atoms with E-state index in [-0.39, 0.29) is 11.4 Å². The normalized spacial score (nSPS) is 11.8. The van der Waals surface area contributed by atoms with Crippen LogP contribution in [0.15, 0.2) is 79.1 Å². The third kappa shape index (κ3) is 4.24. The molecule has 0 fully saturated rings. The predicted octanol–water partition coefficient (Wildman–Crippen LogP) is 6.46. The predicted molar refractivity (Wildman–Crippen MR) is 116 cm³/mol. The Morgan fingerprint density at radius 2 is 1.41 bits per heavy atom. The molecule has 3 aromatic carbocycles. The van der Waals surface area contributed by atoms with Gasteiger partial charge in [-0.25, -0.2) is 18.7 Å². The van der Waals surface area contributed by atoms with E-state index in [1.165, 1.54) is 30.5 Å². The lowest BCUT2D eigenvalue weighted by Gasteiger charge is -2.09. The maximum absolute atomic E-state index is 14.1. The van der Waals surface area contributed by atoms with Crippen LogP contribution in [0, 0.1) is 11.6 Å². The molecule has 3 aromatic rings. The number of alkyl halides is 3. The Hall–Kier alpha value is -4.14. The largest absolute Gasteiger partial charge is 0.416 e. The first-order valence-electron chi connectivity index (χ1n) is 10.2. The highest BCUT2D eigenvalue weighted by Gasteiger charge is 2.30. The summed E-state index contributed by atoms with van der Waals surface area (Å²) in [4.78, 5) is 8.54. The van der Waals surface area contributed by atoms with E-state index >= 15 is 0 Å². The van der Waals surface area contributed by atoms with E-state index in [2.05, 4.69) is 15.1 Å². The first-order valence-corrected chi connectivity index (χ1v) is 10.2. The van der Waals surface area contributed by atoms with Crippen LogP contribution in [0.2, 0.25) is 0 Å². The molecule has 0 unspecified atom stereocenters. The summed E-state index contributed by atoms with van der Waals surface area (Å²) in [6.07, 6.45) is -1.21. The number of nitrogens with zero attached hydrogens (tertiary/aromatic N) is 4. The van der Waals surface area contributed by atoms with Crippen molar-refractivity contribution in [1.82, 2.24) is 19.7 Å². The molecule has 2 aliphatic rings. The number of imidazole rings is 1. The van der Waals surface area contributed by atoms with Gasteiger partial charge in [0, 0.05) is 0 Å². The number of fused-ring (bicyclic) bond motifs is 1. The van der Waals surface area contributed by atoms with E-state index in [4.69, 9.17) is 0 Å². The highest BCUT2D eigenvalue weighted by Crippen LogP contribution is 2.31. The molecule has 170 valence electrons. The Bertz CT molecular complexity index is 1420. The lowest BCUT2D eigenvalue weighted by Crippen LogP contribution is -2.05. The summed E-state index contributed by atoms with van der Waals surface area (Å²) in [6, 6.07) is 16.2. The molecule has 0 amide bonds. The van der Waals surface area contributed by atoms with Crippen LogP contribution >= 0.6 is 0 Å². The Morgan fingerprint density at radius 1 is 0.765 bits per heavy atom. The van der Waals surface area contributed by atoms with Gasteiger partial charge in [0.2, 0.25) is 0 Å². The highest BCUT2D eigenvalue weighted by atomic mass is 19.4. The Labute approximate surface area is 190 Å². The molecule has 0 saturated heterocycles. The zero-order valence-corrected chi connectivity index (χ0v) is 17.4. The van der Waals surface area contributed by atoms with Crippen LogP contribution in [-0.4, -0.2) is 19.7 Å². The fourth-order valence-corrected chi connectivity index (χ4v) is 3.59. The summed E-state index contributed by atoms with van der Waals surface area (Å²) >= 11 is 0. The van der Waals surface area contributed by atoms with Crippen molar-refractivity contribution in [3.05, 3.63) is 102 Å². The molecule has 0 aromatic heterocycles. The van der Waals surface area contributed by atoms with Gasteiger partial charge in [0.1, 0.15) is 11.4 Å². The summed E-state index contributed by atoms with van der Waals surface area (Å²) in [6.45, 7) is 0.403. The summed E-state index contributed by atoms with van der Waals surface area (Å²) in [5.74, 6) is -1.90. The Morgan fingerprint density at radius 3 is 2.09 bits per heavy atom.